The molecule has 1 fully saturated rings. The summed E-state index contributed by atoms with van der Waals surface area (Å²) in [5, 5.41) is 0. The van der Waals surface area contributed by atoms with E-state index < -0.39 is 0 Å². The average molecular weight is 232 g/mol. The van der Waals surface area contributed by atoms with Crippen LogP contribution < -0.4 is 0 Å². The summed E-state index contributed by atoms with van der Waals surface area (Å²) in [4.78, 5) is 2.57. The number of rotatable bonds is 6. The molecule has 0 atom stereocenters. The van der Waals surface area contributed by atoms with E-state index in [1.165, 1.54) is 45.3 Å². The first-order valence-electron chi connectivity index (χ1n) is 5.35. The van der Waals surface area contributed by atoms with E-state index in [9.17, 15) is 0 Å². The highest BCUT2D eigenvalue weighted by atomic mass is 32.2. The maximum absolute atomic E-state index is 4.91. The fraction of sp³-hybridized carbons (Fsp3) is 0.900. The summed E-state index contributed by atoms with van der Waals surface area (Å²) in [6.45, 7) is 4.93. The molecule has 0 bridgehead atoms. The summed E-state index contributed by atoms with van der Waals surface area (Å²) in [6, 6.07) is 0. The lowest BCUT2D eigenvalue weighted by Crippen LogP contribution is -2.32. The number of thiocarbonyl (C=S) groups is 1. The van der Waals surface area contributed by atoms with Crippen molar-refractivity contribution in [3.8, 4) is 0 Å². The Balaban J connectivity index is 2.04. The van der Waals surface area contributed by atoms with Crippen molar-refractivity contribution in [2.75, 3.05) is 32.4 Å². The van der Waals surface area contributed by atoms with Gasteiger partial charge >= 0.3 is 0 Å². The second kappa shape index (κ2) is 7.49. The van der Waals surface area contributed by atoms with E-state index in [2.05, 4.69) is 15.5 Å². The Labute approximate surface area is 97.2 Å². The molecule has 14 heavy (non-hydrogen) atoms. The highest BCUT2D eigenvalue weighted by Crippen LogP contribution is 2.09. The Bertz CT molecular complexity index is 158. The van der Waals surface area contributed by atoms with E-state index in [0.717, 1.165) is 6.54 Å². The van der Waals surface area contributed by atoms with Gasteiger partial charge in [-0.1, -0.05) is 30.6 Å². The minimum absolute atomic E-state index is 1.08. The van der Waals surface area contributed by atoms with Gasteiger partial charge in [0, 0.05) is 12.8 Å². The quantitative estimate of drug-likeness (QED) is 0.512. The van der Waals surface area contributed by atoms with Crippen LogP contribution in [0.15, 0.2) is 0 Å². The molecule has 1 aliphatic heterocycles. The van der Waals surface area contributed by atoms with E-state index in [1.807, 2.05) is 0 Å². The molecule has 1 aliphatic rings. The lowest BCUT2D eigenvalue weighted by molar-refractivity contribution is 0.224. The summed E-state index contributed by atoms with van der Waals surface area (Å²) in [7, 11) is 0. The first kappa shape index (κ1) is 12.3. The van der Waals surface area contributed by atoms with Gasteiger partial charge in [0.1, 0.15) is 0 Å². The Morgan fingerprint density at radius 2 is 2.07 bits per heavy atom. The van der Waals surface area contributed by atoms with Gasteiger partial charge in [-0.05, 0) is 38.9 Å². The highest BCUT2D eigenvalue weighted by molar-refractivity contribution is 7.97. The maximum atomic E-state index is 4.91. The zero-order valence-corrected chi connectivity index (χ0v) is 10.6. The minimum Gasteiger partial charge on any atom is -0.313 e. The van der Waals surface area contributed by atoms with Crippen LogP contribution in [0.5, 0.6) is 0 Å². The van der Waals surface area contributed by atoms with Crippen molar-refractivity contribution in [1.82, 2.24) is 9.21 Å². The van der Waals surface area contributed by atoms with Gasteiger partial charge in [0.05, 0.1) is 5.49 Å². The molecular formula is C10H20N2S2. The van der Waals surface area contributed by atoms with Crippen LogP contribution in [0, 0.1) is 0 Å². The molecule has 0 saturated carbocycles. The standard InChI is InChI=1S/C10H20N2S2/c1-14-12(10-13)9-5-8-11-6-3-2-4-7-11/h10H,2-9H2,1H3. The number of hydrogen-bond acceptors (Lipinski definition) is 3. The summed E-state index contributed by atoms with van der Waals surface area (Å²) in [5.74, 6) is 0. The Hall–Kier alpha value is 0.200. The van der Waals surface area contributed by atoms with Crippen LogP contribution >= 0.6 is 24.2 Å². The molecule has 0 amide bonds. The van der Waals surface area contributed by atoms with E-state index >= 15 is 0 Å². The minimum atomic E-state index is 1.08. The smallest absolute Gasteiger partial charge is 0.0740 e. The fourth-order valence-electron chi connectivity index (χ4n) is 1.82. The zero-order valence-electron chi connectivity index (χ0n) is 8.95. The Morgan fingerprint density at radius 3 is 2.64 bits per heavy atom. The molecule has 4 heteroatoms. The van der Waals surface area contributed by atoms with Crippen molar-refractivity contribution in [3.63, 3.8) is 0 Å². The highest BCUT2D eigenvalue weighted by Gasteiger charge is 2.09. The molecule has 1 saturated heterocycles. The Morgan fingerprint density at radius 1 is 1.36 bits per heavy atom. The molecule has 0 radical (unpaired) electrons. The molecule has 0 aromatic carbocycles. The van der Waals surface area contributed by atoms with Crippen molar-refractivity contribution in [2.45, 2.75) is 25.7 Å². The van der Waals surface area contributed by atoms with Crippen LogP contribution in [0.2, 0.25) is 0 Å². The lowest BCUT2D eigenvalue weighted by Gasteiger charge is -2.27. The molecule has 0 aromatic heterocycles. The van der Waals surface area contributed by atoms with Crippen LogP contribution in [0.25, 0.3) is 0 Å². The van der Waals surface area contributed by atoms with Crippen molar-refractivity contribution >= 4 is 29.7 Å². The topological polar surface area (TPSA) is 6.48 Å². The number of nitrogens with zero attached hydrogens (tertiary/aromatic N) is 2. The van der Waals surface area contributed by atoms with Gasteiger partial charge in [-0.2, -0.15) is 0 Å². The van der Waals surface area contributed by atoms with Gasteiger partial charge < -0.3 is 9.21 Å². The Kier molecular flexibility index (Phi) is 6.56. The second-order valence-electron chi connectivity index (χ2n) is 3.68. The fourth-order valence-corrected chi connectivity index (χ4v) is 2.58. The molecule has 0 aromatic rings. The second-order valence-corrected chi connectivity index (χ2v) is 4.73. The van der Waals surface area contributed by atoms with Gasteiger partial charge in [0.25, 0.3) is 0 Å². The SMILES string of the molecule is CSN(C=S)CCCN1CCCCC1. The third-order valence-corrected chi connectivity index (χ3v) is 3.80. The van der Waals surface area contributed by atoms with Crippen molar-refractivity contribution < 1.29 is 0 Å². The number of likely N-dealkylation sites (tertiary alicyclic amines) is 1. The lowest BCUT2D eigenvalue weighted by atomic mass is 10.1. The van der Waals surface area contributed by atoms with Gasteiger partial charge in [-0.25, -0.2) is 0 Å². The van der Waals surface area contributed by atoms with Crippen LogP contribution in [0.4, 0.5) is 0 Å². The summed E-state index contributed by atoms with van der Waals surface area (Å²) >= 11 is 6.62. The monoisotopic (exact) mass is 232 g/mol. The molecule has 2 nitrogen and oxygen atoms in total. The van der Waals surface area contributed by atoms with Gasteiger partial charge in [0.15, 0.2) is 0 Å². The molecule has 0 spiro atoms. The van der Waals surface area contributed by atoms with E-state index in [0.29, 0.717) is 0 Å². The van der Waals surface area contributed by atoms with Crippen LogP contribution in [-0.2, 0) is 0 Å². The van der Waals surface area contributed by atoms with Crippen LogP contribution in [0.1, 0.15) is 25.7 Å². The van der Waals surface area contributed by atoms with E-state index in [1.54, 1.807) is 17.4 Å². The zero-order chi connectivity index (χ0) is 10.2. The first-order chi connectivity index (χ1) is 6.86. The van der Waals surface area contributed by atoms with Gasteiger partial charge in [-0.15, -0.1) is 0 Å². The van der Waals surface area contributed by atoms with Crippen molar-refractivity contribution in [1.29, 1.82) is 0 Å². The molecule has 0 N–H and O–H groups in total. The normalized spacial score (nSPS) is 18.1. The first-order valence-corrected chi connectivity index (χ1v) is 7.00. The third-order valence-electron chi connectivity index (χ3n) is 2.65. The van der Waals surface area contributed by atoms with Crippen molar-refractivity contribution in [3.05, 3.63) is 0 Å². The maximum Gasteiger partial charge on any atom is 0.0740 e. The predicted molar refractivity (Wildman–Crippen MR) is 68.8 cm³/mol. The van der Waals surface area contributed by atoms with E-state index in [-0.39, 0.29) is 0 Å². The molecule has 1 rings (SSSR count). The van der Waals surface area contributed by atoms with Gasteiger partial charge in [0.2, 0.25) is 0 Å². The molecule has 1 heterocycles. The number of piperidine rings is 1. The van der Waals surface area contributed by atoms with Crippen LogP contribution in [-0.4, -0.2) is 47.1 Å². The molecule has 0 aliphatic carbocycles. The predicted octanol–water partition coefficient (Wildman–Crippen LogP) is 2.40. The number of hydrogen-bond donors (Lipinski definition) is 0. The van der Waals surface area contributed by atoms with E-state index in [4.69, 9.17) is 12.2 Å². The molecular weight excluding hydrogens is 212 g/mol. The molecule has 82 valence electrons. The van der Waals surface area contributed by atoms with Crippen LogP contribution in [0.3, 0.4) is 0 Å². The van der Waals surface area contributed by atoms with Gasteiger partial charge in [-0.3, -0.25) is 0 Å². The largest absolute Gasteiger partial charge is 0.313 e. The molecule has 0 unspecified atom stereocenters. The average Bonchev–Trinajstić information content (AvgIpc) is 2.26. The third kappa shape index (κ3) is 4.62. The van der Waals surface area contributed by atoms with Crippen molar-refractivity contribution in [2.24, 2.45) is 0 Å². The summed E-state index contributed by atoms with van der Waals surface area (Å²) < 4.78 is 2.12. The summed E-state index contributed by atoms with van der Waals surface area (Å²) in [6.07, 6.45) is 7.50. The summed E-state index contributed by atoms with van der Waals surface area (Å²) in [5.41, 5.74) is 1.75.